The number of aromatic carboxylic acids is 1. The average Bonchev–Trinajstić information content (AvgIpc) is 2.96. The van der Waals surface area contributed by atoms with Crippen LogP contribution in [0.5, 0.6) is 0 Å². The highest BCUT2D eigenvalue weighted by Crippen LogP contribution is 2.32. The first-order valence-corrected chi connectivity index (χ1v) is 6.81. The molecule has 0 radical (unpaired) electrons. The minimum absolute atomic E-state index is 0.230. The zero-order valence-electron chi connectivity index (χ0n) is 11.4. The fourth-order valence-electron chi connectivity index (χ4n) is 2.72. The Morgan fingerprint density at radius 1 is 1.00 bits per heavy atom. The van der Waals surface area contributed by atoms with Gasteiger partial charge in [0.15, 0.2) is 5.65 Å². The van der Waals surface area contributed by atoms with Gasteiger partial charge in [-0.15, -0.1) is 0 Å². The number of para-hydroxylation sites is 1. The summed E-state index contributed by atoms with van der Waals surface area (Å²) in [4.78, 5) is 16.3. The molecule has 2 N–H and O–H groups in total. The van der Waals surface area contributed by atoms with Crippen molar-refractivity contribution >= 4 is 27.9 Å². The Balaban J connectivity index is 2.18. The Hall–Kier alpha value is -3.21. The van der Waals surface area contributed by atoms with E-state index in [9.17, 15) is 9.90 Å². The van der Waals surface area contributed by atoms with E-state index >= 15 is 0 Å². The number of carboxylic acid groups (broad SMARTS) is 1. The molecule has 0 amide bonds. The van der Waals surface area contributed by atoms with Gasteiger partial charge in [0, 0.05) is 10.9 Å². The molecule has 0 bridgehead atoms. The lowest BCUT2D eigenvalue weighted by molar-refractivity contribution is 0.0701. The van der Waals surface area contributed by atoms with Crippen molar-refractivity contribution in [3.8, 4) is 11.3 Å². The fourth-order valence-corrected chi connectivity index (χ4v) is 2.72. The number of nitrogens with one attached hydrogen (secondary N) is 1. The lowest BCUT2D eigenvalue weighted by Gasteiger charge is -2.05. The molecule has 0 saturated carbocycles. The standard InChI is InChI=1S/C17H11N3O2/c21-17(22)13-11-8-4-5-9-12(11)18-16-14(13)15(19-20-16)10-6-2-1-3-7-10/h1-9H,(H,21,22)(H,18,19,20). The number of pyridine rings is 1. The van der Waals surface area contributed by atoms with Crippen LogP contribution in [-0.2, 0) is 0 Å². The summed E-state index contributed by atoms with van der Waals surface area (Å²) in [6.45, 7) is 0. The Morgan fingerprint density at radius 3 is 2.50 bits per heavy atom. The number of benzene rings is 2. The molecule has 0 unspecified atom stereocenters. The normalized spacial score (nSPS) is 11.1. The van der Waals surface area contributed by atoms with Gasteiger partial charge < -0.3 is 5.11 Å². The van der Waals surface area contributed by atoms with E-state index in [2.05, 4.69) is 15.2 Å². The zero-order valence-corrected chi connectivity index (χ0v) is 11.4. The number of hydrogen-bond acceptors (Lipinski definition) is 3. The molecule has 5 nitrogen and oxygen atoms in total. The summed E-state index contributed by atoms with van der Waals surface area (Å²) in [5.41, 5.74) is 2.82. The van der Waals surface area contributed by atoms with Gasteiger partial charge in [-0.25, -0.2) is 9.78 Å². The largest absolute Gasteiger partial charge is 0.478 e. The predicted octanol–water partition coefficient (Wildman–Crippen LogP) is 3.48. The third kappa shape index (κ3) is 1.76. The first-order valence-electron chi connectivity index (χ1n) is 6.81. The quantitative estimate of drug-likeness (QED) is 0.592. The van der Waals surface area contributed by atoms with Gasteiger partial charge in [-0.05, 0) is 6.07 Å². The molecule has 2 aromatic heterocycles. The van der Waals surface area contributed by atoms with E-state index in [1.165, 1.54) is 0 Å². The summed E-state index contributed by atoms with van der Waals surface area (Å²) < 4.78 is 0. The van der Waals surface area contributed by atoms with Crippen LogP contribution >= 0.6 is 0 Å². The topological polar surface area (TPSA) is 78.9 Å². The third-order valence-corrected chi connectivity index (χ3v) is 3.67. The SMILES string of the molecule is O=C(O)c1c2ccccc2nc2n[nH]c(-c3ccccc3)c12. The zero-order chi connectivity index (χ0) is 15.1. The van der Waals surface area contributed by atoms with Gasteiger partial charge in [-0.1, -0.05) is 48.5 Å². The van der Waals surface area contributed by atoms with Crippen LogP contribution in [0.2, 0.25) is 0 Å². The number of H-pyrrole nitrogens is 1. The molecular weight excluding hydrogens is 278 g/mol. The molecule has 5 heteroatoms. The van der Waals surface area contributed by atoms with Crippen LogP contribution in [-0.4, -0.2) is 26.3 Å². The minimum atomic E-state index is -0.984. The van der Waals surface area contributed by atoms with Crippen LogP contribution in [0.15, 0.2) is 54.6 Å². The van der Waals surface area contributed by atoms with Crippen molar-refractivity contribution in [3.05, 3.63) is 60.2 Å². The van der Waals surface area contributed by atoms with E-state index in [1.807, 2.05) is 42.5 Å². The maximum atomic E-state index is 11.8. The van der Waals surface area contributed by atoms with Crippen molar-refractivity contribution in [3.63, 3.8) is 0 Å². The number of nitrogens with zero attached hydrogens (tertiary/aromatic N) is 2. The number of fused-ring (bicyclic) bond motifs is 2. The number of carboxylic acids is 1. The van der Waals surface area contributed by atoms with E-state index < -0.39 is 5.97 Å². The number of aromatic amines is 1. The summed E-state index contributed by atoms with van der Waals surface area (Å²) >= 11 is 0. The van der Waals surface area contributed by atoms with E-state index in [4.69, 9.17) is 0 Å². The van der Waals surface area contributed by atoms with Crippen molar-refractivity contribution in [2.24, 2.45) is 0 Å². The lowest BCUT2D eigenvalue weighted by atomic mass is 10.0. The van der Waals surface area contributed by atoms with E-state index in [0.717, 1.165) is 5.56 Å². The summed E-state index contributed by atoms with van der Waals surface area (Å²) in [5.74, 6) is -0.984. The second kappa shape index (κ2) is 4.66. The molecule has 2 heterocycles. The minimum Gasteiger partial charge on any atom is -0.478 e. The van der Waals surface area contributed by atoms with Gasteiger partial charge >= 0.3 is 5.97 Å². The van der Waals surface area contributed by atoms with Gasteiger partial charge in [0.2, 0.25) is 0 Å². The van der Waals surface area contributed by atoms with E-state index in [1.54, 1.807) is 12.1 Å². The molecule has 22 heavy (non-hydrogen) atoms. The van der Waals surface area contributed by atoms with Crippen LogP contribution < -0.4 is 0 Å². The first-order chi connectivity index (χ1) is 10.8. The lowest BCUT2D eigenvalue weighted by Crippen LogP contribution is -2.00. The summed E-state index contributed by atoms with van der Waals surface area (Å²) in [6, 6.07) is 16.7. The van der Waals surface area contributed by atoms with Crippen LogP contribution in [0.1, 0.15) is 10.4 Å². The molecule has 0 spiro atoms. The first kappa shape index (κ1) is 12.5. The number of rotatable bonds is 2. The average molecular weight is 289 g/mol. The van der Waals surface area contributed by atoms with E-state index in [-0.39, 0.29) is 5.56 Å². The Kier molecular flexibility index (Phi) is 2.66. The highest BCUT2D eigenvalue weighted by Gasteiger charge is 2.20. The molecule has 0 aliphatic carbocycles. The van der Waals surface area contributed by atoms with Crippen LogP contribution in [0, 0.1) is 0 Å². The molecule has 0 atom stereocenters. The second-order valence-corrected chi connectivity index (χ2v) is 4.97. The van der Waals surface area contributed by atoms with Crippen molar-refractivity contribution in [1.29, 1.82) is 0 Å². The second-order valence-electron chi connectivity index (χ2n) is 4.97. The highest BCUT2D eigenvalue weighted by molar-refractivity contribution is 6.16. The molecule has 0 aliphatic rings. The van der Waals surface area contributed by atoms with E-state index in [0.29, 0.717) is 27.6 Å². The summed E-state index contributed by atoms with van der Waals surface area (Å²) in [6.07, 6.45) is 0. The number of carbonyl (C=O) groups is 1. The smallest absolute Gasteiger partial charge is 0.337 e. The summed E-state index contributed by atoms with van der Waals surface area (Å²) in [7, 11) is 0. The Morgan fingerprint density at radius 2 is 1.73 bits per heavy atom. The van der Waals surface area contributed by atoms with Crippen LogP contribution in [0.3, 0.4) is 0 Å². The van der Waals surface area contributed by atoms with Crippen molar-refractivity contribution in [2.75, 3.05) is 0 Å². The molecule has 0 saturated heterocycles. The van der Waals surface area contributed by atoms with Gasteiger partial charge in [0.1, 0.15) is 0 Å². The van der Waals surface area contributed by atoms with Gasteiger partial charge in [0.05, 0.1) is 22.2 Å². The Bertz CT molecular complexity index is 1010. The fraction of sp³-hybridized carbons (Fsp3) is 0. The summed E-state index contributed by atoms with van der Waals surface area (Å²) in [5, 5.41) is 18.0. The predicted molar refractivity (Wildman–Crippen MR) is 83.8 cm³/mol. The molecule has 0 fully saturated rings. The Labute approximate surface area is 125 Å². The van der Waals surface area contributed by atoms with Crippen LogP contribution in [0.25, 0.3) is 33.2 Å². The van der Waals surface area contributed by atoms with Gasteiger partial charge in [0.25, 0.3) is 0 Å². The monoisotopic (exact) mass is 289 g/mol. The molecule has 0 aliphatic heterocycles. The molecular formula is C17H11N3O2. The highest BCUT2D eigenvalue weighted by atomic mass is 16.4. The number of hydrogen-bond donors (Lipinski definition) is 2. The van der Waals surface area contributed by atoms with Crippen LogP contribution in [0.4, 0.5) is 0 Å². The van der Waals surface area contributed by atoms with Crippen molar-refractivity contribution in [1.82, 2.24) is 15.2 Å². The number of aromatic nitrogens is 3. The third-order valence-electron chi connectivity index (χ3n) is 3.67. The molecule has 2 aromatic carbocycles. The van der Waals surface area contributed by atoms with Crippen molar-refractivity contribution < 1.29 is 9.90 Å². The van der Waals surface area contributed by atoms with Gasteiger partial charge in [-0.3, -0.25) is 5.10 Å². The molecule has 106 valence electrons. The maximum absolute atomic E-state index is 11.8. The van der Waals surface area contributed by atoms with Gasteiger partial charge in [-0.2, -0.15) is 5.10 Å². The molecule has 4 aromatic rings. The van der Waals surface area contributed by atoms with Crippen molar-refractivity contribution in [2.45, 2.75) is 0 Å². The molecule has 4 rings (SSSR count). The maximum Gasteiger partial charge on any atom is 0.337 e.